The van der Waals surface area contributed by atoms with Gasteiger partial charge in [-0.2, -0.15) is 0 Å². The molecular formula is C22H21FN2O4S. The van der Waals surface area contributed by atoms with Crippen molar-refractivity contribution in [2.75, 3.05) is 16.6 Å². The van der Waals surface area contributed by atoms with Crippen molar-refractivity contribution in [1.82, 2.24) is 0 Å². The van der Waals surface area contributed by atoms with E-state index in [0.29, 0.717) is 22.7 Å². The molecule has 30 heavy (non-hydrogen) atoms. The zero-order chi connectivity index (χ0) is 21.7. The normalized spacial score (nSPS) is 11.0. The monoisotopic (exact) mass is 428 g/mol. The smallest absolute Gasteiger partial charge is 0.262 e. The SMILES string of the molecule is Cc1ccc(NS(=O)(=O)c2ccc(OCC(=O)Nc3cccc(F)c3)c(C)c2)cc1. The van der Waals surface area contributed by atoms with Crippen molar-refractivity contribution < 1.29 is 22.3 Å². The van der Waals surface area contributed by atoms with Gasteiger partial charge in [0.25, 0.3) is 15.9 Å². The Kier molecular flexibility index (Phi) is 6.37. The lowest BCUT2D eigenvalue weighted by atomic mass is 10.2. The van der Waals surface area contributed by atoms with Crippen LogP contribution in [0.25, 0.3) is 0 Å². The number of hydrogen-bond acceptors (Lipinski definition) is 4. The molecule has 1 amide bonds. The molecule has 0 aliphatic heterocycles. The first-order chi connectivity index (χ1) is 14.2. The molecule has 0 spiro atoms. The van der Waals surface area contributed by atoms with Crippen LogP contribution in [-0.4, -0.2) is 20.9 Å². The van der Waals surface area contributed by atoms with E-state index in [-0.39, 0.29) is 11.5 Å². The summed E-state index contributed by atoms with van der Waals surface area (Å²) >= 11 is 0. The van der Waals surface area contributed by atoms with E-state index in [0.717, 1.165) is 5.56 Å². The molecular weight excluding hydrogens is 407 g/mol. The number of hydrogen-bond donors (Lipinski definition) is 2. The van der Waals surface area contributed by atoms with Crippen LogP contribution in [0, 0.1) is 19.7 Å². The summed E-state index contributed by atoms with van der Waals surface area (Å²) in [5.74, 6) is -0.544. The van der Waals surface area contributed by atoms with E-state index in [1.807, 2.05) is 19.1 Å². The van der Waals surface area contributed by atoms with E-state index in [9.17, 15) is 17.6 Å². The van der Waals surface area contributed by atoms with Crippen molar-refractivity contribution in [2.24, 2.45) is 0 Å². The van der Waals surface area contributed by atoms with Crippen molar-refractivity contribution in [1.29, 1.82) is 0 Å². The number of rotatable bonds is 7. The molecule has 2 N–H and O–H groups in total. The van der Waals surface area contributed by atoms with Crippen LogP contribution in [0.15, 0.2) is 71.6 Å². The molecule has 156 valence electrons. The van der Waals surface area contributed by atoms with Crippen molar-refractivity contribution in [2.45, 2.75) is 18.7 Å². The van der Waals surface area contributed by atoms with Crippen molar-refractivity contribution >= 4 is 27.3 Å². The largest absolute Gasteiger partial charge is 0.483 e. The van der Waals surface area contributed by atoms with Crippen molar-refractivity contribution in [3.8, 4) is 5.75 Å². The van der Waals surface area contributed by atoms with E-state index < -0.39 is 21.7 Å². The van der Waals surface area contributed by atoms with Gasteiger partial charge in [0.2, 0.25) is 0 Å². The summed E-state index contributed by atoms with van der Waals surface area (Å²) in [4.78, 5) is 12.1. The standard InChI is InChI=1S/C22H21FN2O4S/c1-15-6-8-18(9-7-15)25-30(27,28)20-10-11-21(16(2)12-20)29-14-22(26)24-19-5-3-4-17(23)13-19/h3-13,25H,14H2,1-2H3,(H,24,26). The van der Waals surface area contributed by atoms with Crippen LogP contribution in [0.5, 0.6) is 5.75 Å². The highest BCUT2D eigenvalue weighted by Gasteiger charge is 2.16. The second-order valence-corrected chi connectivity index (χ2v) is 8.43. The van der Waals surface area contributed by atoms with Gasteiger partial charge < -0.3 is 10.1 Å². The highest BCUT2D eigenvalue weighted by molar-refractivity contribution is 7.92. The van der Waals surface area contributed by atoms with Crippen LogP contribution in [0.4, 0.5) is 15.8 Å². The lowest BCUT2D eigenvalue weighted by Gasteiger charge is -2.12. The third kappa shape index (κ3) is 5.57. The van der Waals surface area contributed by atoms with Crippen LogP contribution in [0.1, 0.15) is 11.1 Å². The number of amides is 1. The maximum atomic E-state index is 13.2. The second kappa shape index (κ2) is 8.96. The molecule has 0 aliphatic carbocycles. The molecule has 0 saturated carbocycles. The summed E-state index contributed by atoms with van der Waals surface area (Å²) in [5, 5.41) is 2.53. The van der Waals surface area contributed by atoms with Gasteiger partial charge in [-0.3, -0.25) is 9.52 Å². The first kappa shape index (κ1) is 21.3. The predicted molar refractivity (Wildman–Crippen MR) is 114 cm³/mol. The van der Waals surface area contributed by atoms with Gasteiger partial charge in [0.15, 0.2) is 6.61 Å². The Morgan fingerprint density at radius 1 is 0.967 bits per heavy atom. The fraction of sp³-hybridized carbons (Fsp3) is 0.136. The number of benzene rings is 3. The Balaban J connectivity index is 1.64. The van der Waals surface area contributed by atoms with Crippen LogP contribution in [0.2, 0.25) is 0 Å². The number of carbonyl (C=O) groups excluding carboxylic acids is 1. The average Bonchev–Trinajstić information content (AvgIpc) is 2.68. The first-order valence-electron chi connectivity index (χ1n) is 9.11. The van der Waals surface area contributed by atoms with Gasteiger partial charge >= 0.3 is 0 Å². The quantitative estimate of drug-likeness (QED) is 0.589. The lowest BCUT2D eigenvalue weighted by molar-refractivity contribution is -0.118. The summed E-state index contributed by atoms with van der Waals surface area (Å²) in [6.07, 6.45) is 0. The molecule has 0 heterocycles. The van der Waals surface area contributed by atoms with E-state index >= 15 is 0 Å². The van der Waals surface area contributed by atoms with Gasteiger partial charge in [0.05, 0.1) is 4.90 Å². The highest BCUT2D eigenvalue weighted by Crippen LogP contribution is 2.24. The Morgan fingerprint density at radius 2 is 1.70 bits per heavy atom. The Morgan fingerprint density at radius 3 is 2.37 bits per heavy atom. The molecule has 3 aromatic rings. The maximum absolute atomic E-state index is 13.2. The number of aryl methyl sites for hydroxylation is 2. The number of ether oxygens (including phenoxy) is 1. The molecule has 0 bridgehead atoms. The average molecular weight is 428 g/mol. The number of carbonyl (C=O) groups is 1. The molecule has 0 aliphatic rings. The van der Waals surface area contributed by atoms with Crippen LogP contribution in [-0.2, 0) is 14.8 Å². The van der Waals surface area contributed by atoms with Crippen LogP contribution < -0.4 is 14.8 Å². The van der Waals surface area contributed by atoms with Gasteiger partial charge in [0.1, 0.15) is 11.6 Å². The molecule has 0 radical (unpaired) electrons. The molecule has 0 fully saturated rings. The number of nitrogens with one attached hydrogen (secondary N) is 2. The molecule has 0 atom stereocenters. The minimum absolute atomic E-state index is 0.0807. The molecule has 6 nitrogen and oxygen atoms in total. The summed E-state index contributed by atoms with van der Waals surface area (Å²) in [6.45, 7) is 3.30. The summed E-state index contributed by atoms with van der Waals surface area (Å²) in [5.41, 5.74) is 2.37. The second-order valence-electron chi connectivity index (χ2n) is 6.75. The fourth-order valence-corrected chi connectivity index (χ4v) is 3.84. The van der Waals surface area contributed by atoms with Crippen molar-refractivity contribution in [3.05, 3.63) is 83.7 Å². The summed E-state index contributed by atoms with van der Waals surface area (Å²) in [6, 6.07) is 16.9. The molecule has 8 heteroatoms. The number of halogens is 1. The predicted octanol–water partition coefficient (Wildman–Crippen LogP) is 4.26. The zero-order valence-electron chi connectivity index (χ0n) is 16.5. The van der Waals surface area contributed by atoms with Gasteiger partial charge in [-0.25, -0.2) is 12.8 Å². The van der Waals surface area contributed by atoms with Gasteiger partial charge in [0, 0.05) is 11.4 Å². The Labute approximate surface area is 174 Å². The Hall–Kier alpha value is -3.39. The fourth-order valence-electron chi connectivity index (χ4n) is 2.69. The van der Waals surface area contributed by atoms with Gasteiger partial charge in [-0.1, -0.05) is 23.8 Å². The summed E-state index contributed by atoms with van der Waals surface area (Å²) in [7, 11) is -3.76. The van der Waals surface area contributed by atoms with E-state index in [1.54, 1.807) is 25.1 Å². The molecule has 3 aromatic carbocycles. The Bertz CT molecular complexity index is 1160. The van der Waals surface area contributed by atoms with E-state index in [2.05, 4.69) is 10.0 Å². The highest BCUT2D eigenvalue weighted by atomic mass is 32.2. The third-order valence-electron chi connectivity index (χ3n) is 4.23. The van der Waals surface area contributed by atoms with Crippen molar-refractivity contribution in [3.63, 3.8) is 0 Å². The van der Waals surface area contributed by atoms with Crippen LogP contribution in [0.3, 0.4) is 0 Å². The molecule has 0 saturated heterocycles. The molecule has 0 unspecified atom stereocenters. The van der Waals surface area contributed by atoms with Crippen LogP contribution >= 0.6 is 0 Å². The first-order valence-corrected chi connectivity index (χ1v) is 10.6. The van der Waals surface area contributed by atoms with Gasteiger partial charge in [-0.05, 0) is 67.9 Å². The molecule has 0 aromatic heterocycles. The maximum Gasteiger partial charge on any atom is 0.262 e. The third-order valence-corrected chi connectivity index (χ3v) is 5.61. The summed E-state index contributed by atoms with van der Waals surface area (Å²) < 4.78 is 46.4. The van der Waals surface area contributed by atoms with E-state index in [1.165, 1.54) is 36.4 Å². The minimum atomic E-state index is -3.76. The lowest BCUT2D eigenvalue weighted by Crippen LogP contribution is -2.20. The minimum Gasteiger partial charge on any atom is -0.483 e. The molecule has 3 rings (SSSR count). The zero-order valence-corrected chi connectivity index (χ0v) is 17.3. The number of sulfonamides is 1. The van der Waals surface area contributed by atoms with E-state index in [4.69, 9.17) is 4.74 Å². The van der Waals surface area contributed by atoms with Gasteiger partial charge in [-0.15, -0.1) is 0 Å². The number of anilines is 2. The topological polar surface area (TPSA) is 84.5 Å².